The predicted octanol–water partition coefficient (Wildman–Crippen LogP) is 3.32. The van der Waals surface area contributed by atoms with Gasteiger partial charge in [0, 0.05) is 28.4 Å². The lowest BCUT2D eigenvalue weighted by atomic mass is 10.1. The van der Waals surface area contributed by atoms with Crippen molar-refractivity contribution >= 4 is 22.5 Å². The first kappa shape index (κ1) is 15.4. The van der Waals surface area contributed by atoms with Gasteiger partial charge in [0.05, 0.1) is 6.04 Å². The number of benzene rings is 1. The molecule has 0 aliphatic rings. The van der Waals surface area contributed by atoms with Crippen molar-refractivity contribution in [2.24, 2.45) is 0 Å². The van der Waals surface area contributed by atoms with Crippen LogP contribution in [0.3, 0.4) is 0 Å². The molecule has 25 heavy (non-hydrogen) atoms. The first-order valence-corrected chi connectivity index (χ1v) is 8.24. The van der Waals surface area contributed by atoms with E-state index in [1.54, 1.807) is 0 Å². The normalized spacial score (nSPS) is 12.6. The molecular weight excluding hydrogens is 314 g/mol. The van der Waals surface area contributed by atoms with Gasteiger partial charge < -0.3 is 10.3 Å². The van der Waals surface area contributed by atoms with Crippen molar-refractivity contribution in [3.05, 3.63) is 65.2 Å². The monoisotopic (exact) mass is 333 g/mol. The van der Waals surface area contributed by atoms with Crippen LogP contribution in [0, 0.1) is 13.8 Å². The van der Waals surface area contributed by atoms with Crippen molar-refractivity contribution in [1.29, 1.82) is 0 Å². The molecule has 4 aromatic rings. The maximum absolute atomic E-state index is 12.7. The summed E-state index contributed by atoms with van der Waals surface area (Å²) in [4.78, 5) is 16.0. The molecule has 0 aliphatic carbocycles. The van der Waals surface area contributed by atoms with Gasteiger partial charge in [0.1, 0.15) is 0 Å². The lowest BCUT2D eigenvalue weighted by molar-refractivity contribution is 0.0938. The van der Waals surface area contributed by atoms with E-state index in [9.17, 15) is 4.79 Å². The summed E-state index contributed by atoms with van der Waals surface area (Å²) in [6.45, 7) is 6.00. The van der Waals surface area contributed by atoms with Gasteiger partial charge in [-0.25, -0.2) is 0 Å². The number of carbonyl (C=O) groups is 1. The van der Waals surface area contributed by atoms with E-state index >= 15 is 0 Å². The van der Waals surface area contributed by atoms with Gasteiger partial charge in [-0.05, 0) is 56.7 Å². The Balaban J connectivity index is 1.62. The summed E-state index contributed by atoms with van der Waals surface area (Å²) in [5.41, 5.74) is 4.73. The predicted molar refractivity (Wildman–Crippen MR) is 96.6 cm³/mol. The van der Waals surface area contributed by atoms with E-state index in [0.717, 1.165) is 22.2 Å². The molecule has 0 aliphatic heterocycles. The van der Waals surface area contributed by atoms with Gasteiger partial charge in [-0.1, -0.05) is 6.07 Å². The summed E-state index contributed by atoms with van der Waals surface area (Å²) < 4.78 is 1.88. The van der Waals surface area contributed by atoms with E-state index in [1.165, 1.54) is 5.56 Å². The number of H-pyrrole nitrogens is 1. The molecule has 126 valence electrons. The van der Waals surface area contributed by atoms with E-state index < -0.39 is 0 Å². The second kappa shape index (κ2) is 5.73. The number of hydrogen-bond donors (Lipinski definition) is 2. The van der Waals surface area contributed by atoms with E-state index in [4.69, 9.17) is 0 Å². The Morgan fingerprint density at radius 2 is 2.04 bits per heavy atom. The van der Waals surface area contributed by atoms with Gasteiger partial charge in [0.15, 0.2) is 11.5 Å². The van der Waals surface area contributed by atoms with Gasteiger partial charge in [-0.15, -0.1) is 10.2 Å². The Bertz CT molecular complexity index is 1090. The molecule has 6 heteroatoms. The lowest BCUT2D eigenvalue weighted by Gasteiger charge is -2.12. The number of pyridine rings is 1. The van der Waals surface area contributed by atoms with E-state index in [1.807, 2.05) is 60.8 Å². The first-order valence-electron chi connectivity index (χ1n) is 8.24. The Labute approximate surface area is 144 Å². The minimum Gasteiger partial charge on any atom is -0.358 e. The van der Waals surface area contributed by atoms with Crippen LogP contribution in [0.1, 0.15) is 40.4 Å². The van der Waals surface area contributed by atoms with Crippen molar-refractivity contribution < 1.29 is 4.79 Å². The highest BCUT2D eigenvalue weighted by Gasteiger charge is 2.17. The van der Waals surface area contributed by atoms with Gasteiger partial charge >= 0.3 is 0 Å². The molecule has 1 amide bonds. The smallest absolute Gasteiger partial charge is 0.251 e. The number of carbonyl (C=O) groups excluding carboxylic acids is 1. The number of nitrogens with one attached hydrogen (secondary N) is 2. The average molecular weight is 333 g/mol. The molecule has 0 spiro atoms. The molecule has 0 saturated carbocycles. The molecule has 0 fully saturated rings. The molecule has 3 aromatic heterocycles. The van der Waals surface area contributed by atoms with Crippen molar-refractivity contribution in [2.75, 3.05) is 0 Å². The van der Waals surface area contributed by atoms with Crippen LogP contribution >= 0.6 is 0 Å². The Morgan fingerprint density at radius 3 is 2.88 bits per heavy atom. The Morgan fingerprint density at radius 1 is 1.20 bits per heavy atom. The zero-order chi connectivity index (χ0) is 17.6. The number of aromatic amines is 1. The summed E-state index contributed by atoms with van der Waals surface area (Å²) in [6, 6.07) is 11.2. The fourth-order valence-electron chi connectivity index (χ4n) is 3.10. The van der Waals surface area contributed by atoms with E-state index in [-0.39, 0.29) is 11.9 Å². The van der Waals surface area contributed by atoms with Crippen LogP contribution in [0.2, 0.25) is 0 Å². The second-order valence-corrected chi connectivity index (χ2v) is 6.32. The standard InChI is InChI=1S/C19H19N5O/c1-11-12(2)20-16-8-7-14(10-15(11)16)19(25)21-13(3)18-23-22-17-6-4-5-9-24(17)18/h4-10,13,20H,1-3H3,(H,21,25)/t13-/m0/s1. The minimum atomic E-state index is -0.255. The van der Waals surface area contributed by atoms with E-state index in [0.29, 0.717) is 11.4 Å². The molecule has 4 rings (SSSR count). The fourth-order valence-corrected chi connectivity index (χ4v) is 3.10. The third-order valence-corrected chi connectivity index (χ3v) is 4.65. The lowest BCUT2D eigenvalue weighted by Crippen LogP contribution is -2.28. The van der Waals surface area contributed by atoms with Crippen molar-refractivity contribution in [3.8, 4) is 0 Å². The van der Waals surface area contributed by atoms with Crippen molar-refractivity contribution in [1.82, 2.24) is 24.9 Å². The summed E-state index contributed by atoms with van der Waals surface area (Å²) in [6.07, 6.45) is 1.89. The number of fused-ring (bicyclic) bond motifs is 2. The highest BCUT2D eigenvalue weighted by Crippen LogP contribution is 2.23. The Kier molecular flexibility index (Phi) is 3.53. The highest BCUT2D eigenvalue weighted by atomic mass is 16.1. The molecular formula is C19H19N5O. The number of aryl methyl sites for hydroxylation is 2. The average Bonchev–Trinajstić information content (AvgIpc) is 3.16. The number of aromatic nitrogens is 4. The van der Waals surface area contributed by atoms with Gasteiger partial charge in [0.2, 0.25) is 0 Å². The molecule has 6 nitrogen and oxygen atoms in total. The summed E-state index contributed by atoms with van der Waals surface area (Å²) in [5, 5.41) is 12.4. The first-order chi connectivity index (χ1) is 12.0. The molecule has 1 aromatic carbocycles. The van der Waals surface area contributed by atoms with Gasteiger partial charge in [-0.2, -0.15) is 0 Å². The summed E-state index contributed by atoms with van der Waals surface area (Å²) in [5.74, 6) is 0.582. The van der Waals surface area contributed by atoms with E-state index in [2.05, 4.69) is 27.4 Å². The van der Waals surface area contributed by atoms with Crippen LogP contribution < -0.4 is 5.32 Å². The molecule has 0 unspecified atom stereocenters. The van der Waals surface area contributed by atoms with Crippen LogP contribution in [0.25, 0.3) is 16.6 Å². The molecule has 0 radical (unpaired) electrons. The van der Waals surface area contributed by atoms with Crippen LogP contribution in [0.5, 0.6) is 0 Å². The number of nitrogens with zero attached hydrogens (tertiary/aromatic N) is 3. The number of rotatable bonds is 3. The van der Waals surface area contributed by atoms with Crippen LogP contribution in [-0.4, -0.2) is 25.5 Å². The fraction of sp³-hybridized carbons (Fsp3) is 0.211. The van der Waals surface area contributed by atoms with Crippen molar-refractivity contribution in [3.63, 3.8) is 0 Å². The molecule has 0 saturated heterocycles. The maximum Gasteiger partial charge on any atom is 0.251 e. The zero-order valence-corrected chi connectivity index (χ0v) is 14.4. The Hall–Kier alpha value is -3.15. The summed E-state index contributed by atoms with van der Waals surface area (Å²) in [7, 11) is 0. The molecule has 2 N–H and O–H groups in total. The van der Waals surface area contributed by atoms with Crippen LogP contribution in [0.15, 0.2) is 42.6 Å². The number of hydrogen-bond acceptors (Lipinski definition) is 3. The van der Waals surface area contributed by atoms with Gasteiger partial charge in [-0.3, -0.25) is 9.20 Å². The van der Waals surface area contributed by atoms with Crippen molar-refractivity contribution in [2.45, 2.75) is 26.8 Å². The van der Waals surface area contributed by atoms with Crippen LogP contribution in [-0.2, 0) is 0 Å². The molecule has 1 atom stereocenters. The third kappa shape index (κ3) is 2.55. The van der Waals surface area contributed by atoms with Crippen LogP contribution in [0.4, 0.5) is 0 Å². The largest absolute Gasteiger partial charge is 0.358 e. The maximum atomic E-state index is 12.7. The molecule has 0 bridgehead atoms. The van der Waals surface area contributed by atoms with Gasteiger partial charge in [0.25, 0.3) is 5.91 Å². The number of amides is 1. The quantitative estimate of drug-likeness (QED) is 0.604. The second-order valence-electron chi connectivity index (χ2n) is 6.32. The highest BCUT2D eigenvalue weighted by molar-refractivity contribution is 5.99. The summed E-state index contributed by atoms with van der Waals surface area (Å²) >= 11 is 0. The SMILES string of the molecule is Cc1[nH]c2ccc(C(=O)N[C@@H](C)c3nnc4ccccn34)cc2c1C. The topological polar surface area (TPSA) is 75.1 Å². The molecule has 3 heterocycles. The minimum absolute atomic E-state index is 0.125. The zero-order valence-electron chi connectivity index (χ0n) is 14.4. The third-order valence-electron chi connectivity index (χ3n) is 4.65.